The van der Waals surface area contributed by atoms with Crippen LogP contribution in [-0.2, 0) is 10.4 Å². The first-order valence-corrected chi connectivity index (χ1v) is 2.55. The van der Waals surface area contributed by atoms with E-state index in [-0.39, 0.29) is 43.9 Å². The molecule has 0 bridgehead atoms. The van der Waals surface area contributed by atoms with Crippen LogP contribution in [0.3, 0.4) is 0 Å². The first kappa shape index (κ1) is 22.5. The Morgan fingerprint density at radius 2 is 1.09 bits per heavy atom. The van der Waals surface area contributed by atoms with E-state index in [1.54, 1.807) is 0 Å². The molecular weight excluding hydrogens is 212 g/mol. The molecule has 0 heterocycles. The van der Waals surface area contributed by atoms with Crippen molar-refractivity contribution in [2.24, 2.45) is 0 Å². The molecule has 11 heteroatoms. The topological polar surface area (TPSA) is 183 Å². The number of nitrogens with zero attached hydrogens (tertiary/aromatic N) is 1. The molecule has 0 aliphatic heterocycles. The maximum Gasteiger partial charge on any atom is 2.00 e. The van der Waals surface area contributed by atoms with Gasteiger partial charge in [0, 0.05) is 10.4 Å². The summed E-state index contributed by atoms with van der Waals surface area (Å²) in [6, 6.07) is 0. The predicted molar refractivity (Wildman–Crippen MR) is 32.6 cm³/mol. The fraction of sp³-hybridized carbons (Fsp3) is 0. The summed E-state index contributed by atoms with van der Waals surface area (Å²) in [6.07, 6.45) is 0. The Morgan fingerprint density at radius 1 is 1.09 bits per heavy atom. The largest absolute Gasteiger partial charge is 2.00 e. The molecule has 0 unspecified atom stereocenters. The third kappa shape index (κ3) is 8420. The Kier molecular flexibility index (Phi) is 21.0. The molecule has 9 nitrogen and oxygen atoms in total. The zero-order chi connectivity index (χ0) is 8.08. The summed E-state index contributed by atoms with van der Waals surface area (Å²) in [6.45, 7) is 0. The molecule has 0 aromatic heterocycles. The van der Waals surface area contributed by atoms with E-state index in [9.17, 15) is 0 Å². The minimum atomic E-state index is -5.17. The normalized spacial score (nSPS) is 7.45. The number of hydrogen-bond donors (Lipinski definition) is 1. The summed E-state index contributed by atoms with van der Waals surface area (Å²) < 4.78 is 34.1. The Bertz CT molecular complexity index is 159. The molecule has 0 spiro atoms. The maximum atomic E-state index is 8.52. The molecule has 11 heavy (non-hydrogen) atoms. The molecule has 0 radical (unpaired) electrons. The van der Waals surface area contributed by atoms with Gasteiger partial charge >= 0.3 is 37.7 Å². The molecule has 0 aliphatic carbocycles. The van der Waals surface area contributed by atoms with Gasteiger partial charge in [-0.25, -0.2) is 0 Å². The van der Waals surface area contributed by atoms with Gasteiger partial charge in [-0.05, 0) is 0 Å². The summed E-state index contributed by atoms with van der Waals surface area (Å²) in [4.78, 5) is 8.25. The van der Waals surface area contributed by atoms with E-state index in [1.807, 2.05) is 0 Å². The quantitative estimate of drug-likeness (QED) is 0.166. The van der Waals surface area contributed by atoms with Crippen molar-refractivity contribution in [2.45, 2.75) is 0 Å². The van der Waals surface area contributed by atoms with Crippen molar-refractivity contribution < 1.29 is 22.6 Å². The monoisotopic (exact) mass is 216 g/mol. The molecule has 0 saturated heterocycles. The fourth-order valence-electron chi connectivity index (χ4n) is 0. The van der Waals surface area contributed by atoms with Crippen LogP contribution in [0.15, 0.2) is 0 Å². The average Bonchev–Trinajstić information content (AvgIpc) is 1.19. The van der Waals surface area contributed by atoms with E-state index in [0.29, 0.717) is 0 Å². The van der Waals surface area contributed by atoms with Crippen LogP contribution in [0.2, 0.25) is 0 Å². The van der Waals surface area contributed by atoms with Crippen molar-refractivity contribution in [1.82, 2.24) is 6.15 Å². The number of hydrogen-bond acceptors (Lipinski definition) is 7. The van der Waals surface area contributed by atoms with Gasteiger partial charge in [0.05, 0.1) is 5.09 Å². The van der Waals surface area contributed by atoms with Crippen molar-refractivity contribution in [3.8, 4) is 0 Å². The molecule has 0 aromatic carbocycles. The molecular formula is H4CaN2O7S. The van der Waals surface area contributed by atoms with Crippen molar-refractivity contribution in [1.29, 1.82) is 0 Å². The van der Waals surface area contributed by atoms with Gasteiger partial charge in [-0.3, -0.25) is 8.42 Å². The average molecular weight is 216 g/mol. The molecule has 0 atom stereocenters. The minimum Gasteiger partial charge on any atom is -0.759 e. The van der Waals surface area contributed by atoms with Crippen LogP contribution < -0.4 is 6.15 Å². The molecule has 0 amide bonds. The summed E-state index contributed by atoms with van der Waals surface area (Å²) in [5, 5.41) is 14.8. The van der Waals surface area contributed by atoms with E-state index in [0.717, 1.165) is 0 Å². The van der Waals surface area contributed by atoms with Crippen molar-refractivity contribution in [2.75, 3.05) is 0 Å². The zero-order valence-corrected chi connectivity index (χ0v) is 8.45. The van der Waals surface area contributed by atoms with Gasteiger partial charge in [0.25, 0.3) is 0 Å². The van der Waals surface area contributed by atoms with Gasteiger partial charge < -0.3 is 30.6 Å². The maximum absolute atomic E-state index is 8.52. The van der Waals surface area contributed by atoms with E-state index < -0.39 is 15.5 Å². The van der Waals surface area contributed by atoms with Gasteiger partial charge in [0.15, 0.2) is 0 Å². The number of quaternary nitrogens is 1. The molecule has 0 aliphatic rings. The molecule has 64 valence electrons. The Hall–Kier alpha value is 0.290. The second-order valence-electron chi connectivity index (χ2n) is 0.632. The van der Waals surface area contributed by atoms with Crippen molar-refractivity contribution in [3.63, 3.8) is 0 Å². The third-order valence-corrected chi connectivity index (χ3v) is 0. The minimum absolute atomic E-state index is 0. The fourth-order valence-corrected chi connectivity index (χ4v) is 0. The smallest absolute Gasteiger partial charge is 0.759 e. The van der Waals surface area contributed by atoms with Gasteiger partial charge in [-0.1, -0.05) is 0 Å². The summed E-state index contributed by atoms with van der Waals surface area (Å²) in [5.41, 5.74) is 0. The van der Waals surface area contributed by atoms with E-state index in [4.69, 9.17) is 32.8 Å². The standard InChI is InChI=1S/Ca.NO3.H3N.H2O4S/c;2-1(3)4;;1-5(2,3)4/h;;1H3;(H2,1,2,3,4)/q+2;-1;;/p-1. The van der Waals surface area contributed by atoms with Gasteiger partial charge in [-0.2, -0.15) is 0 Å². The first-order valence-electron chi connectivity index (χ1n) is 1.21. The predicted octanol–water partition coefficient (Wildman–Crippen LogP) is -1.58. The SMILES string of the molecule is O=S(=O)([O-])[O-].O=[N+]([O-])[O-].[Ca+2].[NH4+]. The molecule has 0 aromatic rings. The molecule has 0 rings (SSSR count). The summed E-state index contributed by atoms with van der Waals surface area (Å²) >= 11 is 0. The summed E-state index contributed by atoms with van der Waals surface area (Å²) in [5.74, 6) is 0. The van der Waals surface area contributed by atoms with Crippen LogP contribution in [0.4, 0.5) is 0 Å². The van der Waals surface area contributed by atoms with Crippen molar-refractivity contribution >= 4 is 48.1 Å². The van der Waals surface area contributed by atoms with Gasteiger partial charge in [0.2, 0.25) is 0 Å². The second kappa shape index (κ2) is 10.3. The number of rotatable bonds is 0. The molecule has 4 N–H and O–H groups in total. The van der Waals surface area contributed by atoms with E-state index in [1.165, 1.54) is 0 Å². The van der Waals surface area contributed by atoms with Crippen LogP contribution in [0.1, 0.15) is 0 Å². The van der Waals surface area contributed by atoms with Crippen molar-refractivity contribution in [3.05, 3.63) is 15.3 Å². The first-order chi connectivity index (χ1) is 3.73. The molecule has 0 fully saturated rings. The molecule has 0 saturated carbocycles. The van der Waals surface area contributed by atoms with Crippen LogP contribution in [0.25, 0.3) is 0 Å². The second-order valence-corrected chi connectivity index (χ2v) is 1.45. The van der Waals surface area contributed by atoms with Gasteiger partial charge in [0.1, 0.15) is 0 Å². The van der Waals surface area contributed by atoms with E-state index >= 15 is 0 Å². The Balaban J connectivity index is -0.0000000383. The third-order valence-electron chi connectivity index (χ3n) is 0. The van der Waals surface area contributed by atoms with E-state index in [2.05, 4.69) is 0 Å². The van der Waals surface area contributed by atoms with Crippen LogP contribution in [0, 0.1) is 15.3 Å². The van der Waals surface area contributed by atoms with Crippen LogP contribution in [0.5, 0.6) is 0 Å². The summed E-state index contributed by atoms with van der Waals surface area (Å²) in [7, 11) is -5.17. The Labute approximate surface area is 91.7 Å². The van der Waals surface area contributed by atoms with Crippen LogP contribution >= 0.6 is 0 Å². The zero-order valence-electron chi connectivity index (χ0n) is 5.42. The van der Waals surface area contributed by atoms with Gasteiger partial charge in [-0.15, -0.1) is 0 Å². The Morgan fingerprint density at radius 3 is 1.09 bits per heavy atom. The van der Waals surface area contributed by atoms with Crippen LogP contribution in [-0.4, -0.2) is 60.3 Å².